The van der Waals surface area contributed by atoms with Gasteiger partial charge in [0.15, 0.2) is 17.5 Å². The number of aromatic amines is 1. The molecule has 1 saturated heterocycles. The maximum absolute atomic E-state index is 14.5. The number of aromatic nitrogens is 3. The van der Waals surface area contributed by atoms with Gasteiger partial charge < -0.3 is 25.6 Å². The molecule has 0 aliphatic carbocycles. The van der Waals surface area contributed by atoms with Crippen molar-refractivity contribution in [2.45, 2.75) is 37.1 Å². The standard InChI is InChI=1S/C21H27ClFN7O2/c22-13-8-15-16(11-27-18(15)25-9-13)19-28-12-17(23)20(29-19)26-10-14-4-1-2-6-30(14)21(32)24-5-3-7-31/h8,11-14,31H,1-7,9-10H2,(H,24,32)(H,25,27)(H,26,28,29)/t13?,14-/m1/s1. The molecule has 0 radical (unpaired) electrons. The third-order valence-electron chi connectivity index (χ3n) is 5.66. The Bertz CT molecular complexity index is 1080. The zero-order valence-electron chi connectivity index (χ0n) is 17.7. The van der Waals surface area contributed by atoms with Crippen molar-refractivity contribution in [1.82, 2.24) is 25.2 Å². The second kappa shape index (κ2) is 10.3. The molecule has 4 rings (SSSR count). The number of H-pyrrole nitrogens is 1. The number of carbonyl (C=O) groups is 1. The molecule has 0 saturated carbocycles. The van der Waals surface area contributed by atoms with Crippen LogP contribution in [-0.4, -0.2) is 75.2 Å². The Morgan fingerprint density at radius 1 is 1.41 bits per heavy atom. The monoisotopic (exact) mass is 463 g/mol. The fourth-order valence-corrected chi connectivity index (χ4v) is 4.21. The van der Waals surface area contributed by atoms with E-state index in [1.807, 2.05) is 6.08 Å². The number of rotatable bonds is 7. The van der Waals surface area contributed by atoms with Gasteiger partial charge in [0.05, 0.1) is 24.2 Å². The third-order valence-corrected chi connectivity index (χ3v) is 5.92. The number of nitrogens with one attached hydrogen (secondary N) is 3. The van der Waals surface area contributed by atoms with Crippen LogP contribution in [0, 0.1) is 5.82 Å². The molecule has 2 aliphatic rings. The lowest BCUT2D eigenvalue weighted by atomic mass is 10.0. The van der Waals surface area contributed by atoms with Gasteiger partial charge in [-0.3, -0.25) is 4.99 Å². The van der Waals surface area contributed by atoms with Gasteiger partial charge in [-0.1, -0.05) is 6.08 Å². The maximum Gasteiger partial charge on any atom is 0.317 e. The summed E-state index contributed by atoms with van der Waals surface area (Å²) in [4.78, 5) is 30.3. The normalized spacial score (nSPS) is 20.2. The third kappa shape index (κ3) is 5.02. The van der Waals surface area contributed by atoms with E-state index in [0.717, 1.165) is 30.7 Å². The molecular weight excluding hydrogens is 437 g/mol. The number of anilines is 1. The van der Waals surface area contributed by atoms with Crippen molar-refractivity contribution in [2.24, 2.45) is 4.99 Å². The van der Waals surface area contributed by atoms with Crippen LogP contribution in [0.2, 0.25) is 0 Å². The number of carbonyl (C=O) groups excluding carboxylic acids is 1. The molecule has 32 heavy (non-hydrogen) atoms. The molecule has 0 spiro atoms. The predicted octanol–water partition coefficient (Wildman–Crippen LogP) is 0.990. The number of likely N-dealkylation sites (tertiary alicyclic amines) is 1. The van der Waals surface area contributed by atoms with Crippen LogP contribution in [0.4, 0.5) is 15.0 Å². The van der Waals surface area contributed by atoms with Crippen LogP contribution < -0.4 is 21.3 Å². The van der Waals surface area contributed by atoms with Crippen molar-refractivity contribution in [1.29, 1.82) is 0 Å². The highest BCUT2D eigenvalue weighted by Crippen LogP contribution is 2.20. The van der Waals surface area contributed by atoms with Gasteiger partial charge in [-0.25, -0.2) is 19.2 Å². The van der Waals surface area contributed by atoms with E-state index in [-0.39, 0.29) is 29.9 Å². The smallest absolute Gasteiger partial charge is 0.317 e. The van der Waals surface area contributed by atoms with Crippen molar-refractivity contribution < 1.29 is 14.3 Å². The fraction of sp³-hybridized carbons (Fsp3) is 0.524. The van der Waals surface area contributed by atoms with Gasteiger partial charge in [0.2, 0.25) is 0 Å². The lowest BCUT2D eigenvalue weighted by Gasteiger charge is -2.36. The van der Waals surface area contributed by atoms with E-state index in [4.69, 9.17) is 16.7 Å². The van der Waals surface area contributed by atoms with Gasteiger partial charge in [-0.15, -0.1) is 11.6 Å². The predicted molar refractivity (Wildman–Crippen MR) is 119 cm³/mol. The second-order valence-electron chi connectivity index (χ2n) is 7.91. The van der Waals surface area contributed by atoms with Crippen LogP contribution in [0.3, 0.4) is 0 Å². The van der Waals surface area contributed by atoms with Crippen molar-refractivity contribution in [2.75, 3.05) is 38.1 Å². The molecule has 1 unspecified atom stereocenters. The molecule has 0 aromatic carbocycles. The Balaban J connectivity index is 1.49. The van der Waals surface area contributed by atoms with Crippen molar-refractivity contribution >= 4 is 29.5 Å². The first-order valence-corrected chi connectivity index (χ1v) is 11.3. The van der Waals surface area contributed by atoms with Crippen LogP contribution in [0.1, 0.15) is 25.7 Å². The SMILES string of the molecule is O=C(NCCCO)N1CCCC[C@@H]1CNc1nc(-c2c[nH]c3c2=CC(Cl)CN=3)ncc1F. The molecule has 11 heteroatoms. The van der Waals surface area contributed by atoms with Gasteiger partial charge >= 0.3 is 6.03 Å². The molecule has 2 atom stereocenters. The minimum Gasteiger partial charge on any atom is -0.396 e. The van der Waals surface area contributed by atoms with E-state index >= 15 is 0 Å². The number of aliphatic hydroxyl groups excluding tert-OH is 1. The van der Waals surface area contributed by atoms with Crippen LogP contribution in [0.5, 0.6) is 0 Å². The first kappa shape index (κ1) is 22.5. The molecule has 2 aromatic heterocycles. The minimum atomic E-state index is -0.559. The van der Waals surface area contributed by atoms with Gasteiger partial charge in [0.25, 0.3) is 0 Å². The summed E-state index contributed by atoms with van der Waals surface area (Å²) in [6.45, 7) is 1.96. The number of piperidine rings is 1. The Labute approximate surface area is 189 Å². The van der Waals surface area contributed by atoms with E-state index in [9.17, 15) is 9.18 Å². The quantitative estimate of drug-likeness (QED) is 0.361. The summed E-state index contributed by atoms with van der Waals surface area (Å²) < 4.78 is 14.5. The lowest BCUT2D eigenvalue weighted by Crippen LogP contribution is -2.51. The van der Waals surface area contributed by atoms with Crippen molar-refractivity contribution in [3.05, 3.63) is 28.9 Å². The lowest BCUT2D eigenvalue weighted by molar-refractivity contribution is 0.155. The van der Waals surface area contributed by atoms with Crippen LogP contribution in [0.15, 0.2) is 17.4 Å². The summed E-state index contributed by atoms with van der Waals surface area (Å²) in [5.74, 6) is -0.103. The van der Waals surface area contributed by atoms with E-state index < -0.39 is 5.82 Å². The van der Waals surface area contributed by atoms with Gasteiger partial charge in [-0.2, -0.15) is 0 Å². The van der Waals surface area contributed by atoms with Crippen LogP contribution in [-0.2, 0) is 0 Å². The number of amides is 2. The van der Waals surface area contributed by atoms with Crippen molar-refractivity contribution in [3.63, 3.8) is 0 Å². The first-order valence-electron chi connectivity index (χ1n) is 10.9. The molecule has 2 aromatic rings. The zero-order valence-corrected chi connectivity index (χ0v) is 18.4. The zero-order chi connectivity index (χ0) is 22.5. The molecule has 2 amide bonds. The number of fused-ring (bicyclic) bond motifs is 1. The van der Waals surface area contributed by atoms with Crippen molar-refractivity contribution in [3.8, 4) is 11.4 Å². The van der Waals surface area contributed by atoms with Crippen LogP contribution >= 0.6 is 11.6 Å². The second-order valence-corrected chi connectivity index (χ2v) is 8.47. The number of halogens is 2. The highest BCUT2D eigenvalue weighted by Gasteiger charge is 2.27. The summed E-state index contributed by atoms with van der Waals surface area (Å²) in [5.41, 5.74) is 1.42. The average molecular weight is 464 g/mol. The van der Waals surface area contributed by atoms with Gasteiger partial charge in [-0.05, 0) is 25.7 Å². The number of hydrogen-bond acceptors (Lipinski definition) is 6. The Morgan fingerprint density at radius 3 is 3.12 bits per heavy atom. The number of aliphatic hydroxyl groups is 1. The highest BCUT2D eigenvalue weighted by atomic mass is 35.5. The summed E-state index contributed by atoms with van der Waals surface area (Å²) >= 11 is 6.21. The van der Waals surface area contributed by atoms with Crippen LogP contribution in [0.25, 0.3) is 17.5 Å². The molecule has 9 nitrogen and oxygen atoms in total. The van der Waals surface area contributed by atoms with E-state index in [2.05, 4.69) is 30.6 Å². The first-order chi connectivity index (χ1) is 15.6. The topological polar surface area (TPSA) is 119 Å². The van der Waals surface area contributed by atoms with Gasteiger partial charge in [0, 0.05) is 43.2 Å². The Morgan fingerprint density at radius 2 is 2.28 bits per heavy atom. The number of hydrogen-bond donors (Lipinski definition) is 4. The molecule has 172 valence electrons. The van der Waals surface area contributed by atoms with Gasteiger partial charge in [0.1, 0.15) is 5.49 Å². The molecule has 2 aliphatic heterocycles. The molecule has 1 fully saturated rings. The summed E-state index contributed by atoms with van der Waals surface area (Å²) in [6.07, 6.45) is 8.04. The van der Waals surface area contributed by atoms with E-state index in [1.54, 1.807) is 11.1 Å². The Hall–Kier alpha value is -2.72. The fourth-order valence-electron chi connectivity index (χ4n) is 4.01. The minimum absolute atomic E-state index is 0.0301. The summed E-state index contributed by atoms with van der Waals surface area (Å²) in [7, 11) is 0. The number of alkyl halides is 1. The average Bonchev–Trinajstić information content (AvgIpc) is 3.22. The number of nitrogens with zero attached hydrogens (tertiary/aromatic N) is 4. The molecular formula is C21H27ClFN7O2. The van der Waals surface area contributed by atoms with E-state index in [1.165, 1.54) is 0 Å². The summed E-state index contributed by atoms with van der Waals surface area (Å²) in [5, 5.41) is 15.4. The van der Waals surface area contributed by atoms with E-state index in [0.29, 0.717) is 49.5 Å². The maximum atomic E-state index is 14.5. The molecule has 4 heterocycles. The Kier molecular flexibility index (Phi) is 7.21. The highest BCUT2D eigenvalue weighted by molar-refractivity contribution is 6.24. The summed E-state index contributed by atoms with van der Waals surface area (Å²) in [6, 6.07) is -0.248. The largest absolute Gasteiger partial charge is 0.396 e. The molecule has 0 bridgehead atoms. The molecule has 4 N–H and O–H groups in total. The number of urea groups is 1.